The van der Waals surface area contributed by atoms with E-state index in [2.05, 4.69) is 29.5 Å². The van der Waals surface area contributed by atoms with Crippen molar-refractivity contribution in [2.75, 3.05) is 53.0 Å². The van der Waals surface area contributed by atoms with Crippen LogP contribution in [0, 0.1) is 0 Å². The van der Waals surface area contributed by atoms with Gasteiger partial charge in [-0.2, -0.15) is 0 Å². The molecule has 0 rings (SSSR count). The van der Waals surface area contributed by atoms with E-state index in [1.165, 1.54) is 0 Å². The molecule has 5 heteroatoms. The second kappa shape index (κ2) is 11.8. The highest BCUT2D eigenvalue weighted by molar-refractivity contribution is 5.77. The summed E-state index contributed by atoms with van der Waals surface area (Å²) in [4.78, 5) is 13.5. The molecule has 0 heterocycles. The third-order valence-corrected chi connectivity index (χ3v) is 2.33. The molecule has 0 saturated carbocycles. The van der Waals surface area contributed by atoms with Crippen molar-refractivity contribution in [2.45, 2.75) is 20.3 Å². The van der Waals surface area contributed by atoms with Gasteiger partial charge in [0.2, 0.25) is 5.91 Å². The van der Waals surface area contributed by atoms with Crippen molar-refractivity contribution < 1.29 is 12.4 Å². The molecule has 0 radical (unpaired) electrons. The number of rotatable bonds is 11. The van der Waals surface area contributed by atoms with Crippen LogP contribution < -0.4 is 10.6 Å². The van der Waals surface area contributed by atoms with Crippen LogP contribution in [0.2, 0.25) is 0 Å². The molecule has 0 saturated heterocycles. The van der Waals surface area contributed by atoms with Gasteiger partial charge in [-0.3, -0.25) is 4.79 Å². The zero-order chi connectivity index (χ0) is 12.9. The van der Waals surface area contributed by atoms with Crippen LogP contribution in [0.15, 0.2) is 0 Å². The van der Waals surface area contributed by atoms with E-state index >= 15 is 0 Å². The van der Waals surface area contributed by atoms with Gasteiger partial charge in [-0.15, -0.1) is 0 Å². The number of hydrogen-bond acceptors (Lipinski definition) is 4. The van der Waals surface area contributed by atoms with Gasteiger partial charge in [0.05, 0.1) is 6.61 Å². The SMILES string of the molecule is CCCN(C)CCNC(=O)COCCNCC.[HH].[HH]. The van der Waals surface area contributed by atoms with Gasteiger partial charge >= 0.3 is 0 Å². The van der Waals surface area contributed by atoms with Gasteiger partial charge in [-0.25, -0.2) is 0 Å². The molecule has 106 valence electrons. The monoisotopic (exact) mass is 249 g/mol. The first-order chi connectivity index (χ1) is 8.20. The highest BCUT2D eigenvalue weighted by atomic mass is 16.5. The maximum atomic E-state index is 11.3. The molecule has 0 aliphatic rings. The minimum Gasteiger partial charge on any atom is -0.370 e. The summed E-state index contributed by atoms with van der Waals surface area (Å²) in [6.07, 6.45) is 1.14. The van der Waals surface area contributed by atoms with Crippen molar-refractivity contribution in [2.24, 2.45) is 0 Å². The lowest BCUT2D eigenvalue weighted by Gasteiger charge is -2.15. The molecule has 0 unspecified atom stereocenters. The average molecular weight is 249 g/mol. The Morgan fingerprint density at radius 3 is 2.71 bits per heavy atom. The van der Waals surface area contributed by atoms with Gasteiger partial charge in [-0.1, -0.05) is 13.8 Å². The zero-order valence-electron chi connectivity index (χ0n) is 11.4. The summed E-state index contributed by atoms with van der Waals surface area (Å²) in [5, 5.41) is 5.97. The molecule has 0 aromatic carbocycles. The number of amides is 1. The van der Waals surface area contributed by atoms with Crippen LogP contribution in [0.1, 0.15) is 23.1 Å². The lowest BCUT2D eigenvalue weighted by Crippen LogP contribution is -2.35. The second-order valence-electron chi connectivity index (χ2n) is 4.06. The summed E-state index contributed by atoms with van der Waals surface area (Å²) >= 11 is 0. The molecule has 0 aliphatic carbocycles. The highest BCUT2D eigenvalue weighted by Crippen LogP contribution is 1.84. The molecule has 5 nitrogen and oxygen atoms in total. The molecule has 0 fully saturated rings. The number of carbonyl (C=O) groups excluding carboxylic acids is 1. The molecule has 17 heavy (non-hydrogen) atoms. The number of ether oxygens (including phenoxy) is 1. The van der Waals surface area contributed by atoms with Crippen molar-refractivity contribution in [3.63, 3.8) is 0 Å². The van der Waals surface area contributed by atoms with E-state index in [9.17, 15) is 4.79 Å². The Morgan fingerprint density at radius 1 is 1.29 bits per heavy atom. The Morgan fingerprint density at radius 2 is 2.06 bits per heavy atom. The molecule has 1 amide bonds. The summed E-state index contributed by atoms with van der Waals surface area (Å²) < 4.78 is 5.21. The van der Waals surface area contributed by atoms with E-state index in [0.29, 0.717) is 13.2 Å². The smallest absolute Gasteiger partial charge is 0.246 e. The van der Waals surface area contributed by atoms with E-state index in [4.69, 9.17) is 4.74 Å². The molecule has 0 spiro atoms. The molecular formula is C12H31N3O2. The van der Waals surface area contributed by atoms with Gasteiger partial charge < -0.3 is 20.3 Å². The van der Waals surface area contributed by atoms with Crippen molar-refractivity contribution in [3.05, 3.63) is 0 Å². The summed E-state index contributed by atoms with van der Waals surface area (Å²) in [5.74, 6) is -0.0357. The quantitative estimate of drug-likeness (QED) is 0.526. The first-order valence-electron chi connectivity index (χ1n) is 6.44. The fourth-order valence-electron chi connectivity index (χ4n) is 1.42. The van der Waals surface area contributed by atoms with Crippen molar-refractivity contribution in [3.8, 4) is 0 Å². The fourth-order valence-corrected chi connectivity index (χ4v) is 1.42. The Labute approximate surface area is 108 Å². The van der Waals surface area contributed by atoms with Crippen LogP contribution >= 0.6 is 0 Å². The fraction of sp³-hybridized carbons (Fsp3) is 0.917. The minimum absolute atomic E-state index is 0. The first-order valence-corrected chi connectivity index (χ1v) is 6.44. The molecule has 0 aliphatic heterocycles. The van der Waals surface area contributed by atoms with Crippen LogP contribution in [0.4, 0.5) is 0 Å². The Balaban J connectivity index is -0.00000128. The predicted molar refractivity (Wildman–Crippen MR) is 74.4 cm³/mol. The number of nitrogens with one attached hydrogen (secondary N) is 2. The van der Waals surface area contributed by atoms with Crippen molar-refractivity contribution >= 4 is 5.91 Å². The summed E-state index contributed by atoms with van der Waals surface area (Å²) in [6, 6.07) is 0. The normalized spacial score (nSPS) is 10.8. The third-order valence-electron chi connectivity index (χ3n) is 2.33. The third kappa shape index (κ3) is 11.6. The summed E-state index contributed by atoms with van der Waals surface area (Å²) in [7, 11) is 2.06. The topological polar surface area (TPSA) is 53.6 Å². The lowest BCUT2D eigenvalue weighted by atomic mass is 10.4. The number of hydrogen-bond donors (Lipinski definition) is 2. The molecule has 0 bridgehead atoms. The molecule has 0 aromatic rings. The van der Waals surface area contributed by atoms with E-state index in [1.54, 1.807) is 0 Å². The Bertz CT molecular complexity index is 198. The zero-order valence-corrected chi connectivity index (χ0v) is 11.4. The van der Waals surface area contributed by atoms with Gasteiger partial charge in [0.15, 0.2) is 0 Å². The van der Waals surface area contributed by atoms with Crippen molar-refractivity contribution in [1.29, 1.82) is 0 Å². The van der Waals surface area contributed by atoms with Crippen LogP contribution in [0.25, 0.3) is 0 Å². The maximum absolute atomic E-state index is 11.3. The Kier molecular flexibility index (Phi) is 11.4. The lowest BCUT2D eigenvalue weighted by molar-refractivity contribution is -0.125. The van der Waals surface area contributed by atoms with E-state index < -0.39 is 0 Å². The highest BCUT2D eigenvalue weighted by Gasteiger charge is 2.01. The average Bonchev–Trinajstić information content (AvgIpc) is 2.29. The van der Waals surface area contributed by atoms with Crippen LogP contribution in [0.3, 0.4) is 0 Å². The molecule has 2 N–H and O–H groups in total. The van der Waals surface area contributed by atoms with Crippen LogP contribution in [-0.4, -0.2) is 63.8 Å². The standard InChI is InChI=1S/C12H27N3O2.2H2/c1-4-8-15(3)9-6-14-12(16)11-17-10-7-13-5-2;;/h13H,4-11H2,1-3H3,(H,14,16);2*1H. The van der Waals surface area contributed by atoms with E-state index in [-0.39, 0.29) is 15.4 Å². The summed E-state index contributed by atoms with van der Waals surface area (Å²) in [6.45, 7) is 9.28. The summed E-state index contributed by atoms with van der Waals surface area (Å²) in [5.41, 5.74) is 0. The number of nitrogens with zero attached hydrogens (tertiary/aromatic N) is 1. The largest absolute Gasteiger partial charge is 0.370 e. The van der Waals surface area contributed by atoms with E-state index in [0.717, 1.165) is 32.6 Å². The Hall–Kier alpha value is -0.650. The van der Waals surface area contributed by atoms with Gasteiger partial charge in [0, 0.05) is 22.5 Å². The number of likely N-dealkylation sites (N-methyl/N-ethyl adjacent to an activating group) is 2. The minimum atomic E-state index is -0.0357. The van der Waals surface area contributed by atoms with Crippen LogP contribution in [0.5, 0.6) is 0 Å². The number of carbonyl (C=O) groups is 1. The predicted octanol–water partition coefficient (Wildman–Crippen LogP) is 0.563. The maximum Gasteiger partial charge on any atom is 0.246 e. The second-order valence-corrected chi connectivity index (χ2v) is 4.06. The van der Waals surface area contributed by atoms with Gasteiger partial charge in [0.1, 0.15) is 6.61 Å². The molecule has 0 atom stereocenters. The van der Waals surface area contributed by atoms with Crippen molar-refractivity contribution in [1.82, 2.24) is 15.5 Å². The molecule has 0 aromatic heterocycles. The van der Waals surface area contributed by atoms with Gasteiger partial charge in [0.25, 0.3) is 0 Å². The first kappa shape index (κ1) is 16.4. The van der Waals surface area contributed by atoms with E-state index in [1.807, 2.05) is 6.92 Å². The van der Waals surface area contributed by atoms with Gasteiger partial charge in [-0.05, 0) is 26.6 Å². The molecular weight excluding hydrogens is 218 g/mol. The van der Waals surface area contributed by atoms with Crippen LogP contribution in [-0.2, 0) is 9.53 Å².